The summed E-state index contributed by atoms with van der Waals surface area (Å²) in [7, 11) is 4.19. The lowest BCUT2D eigenvalue weighted by atomic mass is 9.88. The number of aromatic nitrogens is 1. The molecule has 2 aromatic rings. The number of ether oxygens (including phenoxy) is 1. The van der Waals surface area contributed by atoms with Gasteiger partial charge in [0, 0.05) is 35.1 Å². The van der Waals surface area contributed by atoms with Crippen molar-refractivity contribution in [3.05, 3.63) is 29.5 Å². The molecule has 1 aliphatic carbocycles. The van der Waals surface area contributed by atoms with Gasteiger partial charge in [-0.1, -0.05) is 6.92 Å². The molecule has 0 spiro atoms. The predicted molar refractivity (Wildman–Crippen MR) is 79.1 cm³/mol. The monoisotopic (exact) mass is 272 g/mol. The molecule has 1 aliphatic rings. The van der Waals surface area contributed by atoms with E-state index in [9.17, 15) is 4.79 Å². The van der Waals surface area contributed by atoms with E-state index in [-0.39, 0.29) is 5.97 Å². The van der Waals surface area contributed by atoms with Crippen LogP contribution in [0, 0.1) is 0 Å². The largest absolute Gasteiger partial charge is 0.426 e. The molecule has 1 aromatic carbocycles. The van der Waals surface area contributed by atoms with E-state index in [4.69, 9.17) is 4.74 Å². The van der Waals surface area contributed by atoms with Gasteiger partial charge in [0.1, 0.15) is 5.75 Å². The van der Waals surface area contributed by atoms with Crippen LogP contribution in [0.1, 0.15) is 24.5 Å². The topological polar surface area (TPSA) is 45.3 Å². The van der Waals surface area contributed by atoms with E-state index in [1.807, 2.05) is 19.1 Å². The van der Waals surface area contributed by atoms with Crippen LogP contribution in [0.4, 0.5) is 0 Å². The summed E-state index contributed by atoms with van der Waals surface area (Å²) in [6.07, 6.45) is 4.43. The number of nitrogens with one attached hydrogen (secondary N) is 1. The second-order valence-electron chi connectivity index (χ2n) is 5.63. The molecule has 0 amide bonds. The van der Waals surface area contributed by atoms with E-state index in [0.29, 0.717) is 12.5 Å². The van der Waals surface area contributed by atoms with Gasteiger partial charge in [-0.2, -0.15) is 0 Å². The minimum Gasteiger partial charge on any atom is -0.426 e. The fourth-order valence-electron chi connectivity index (χ4n) is 2.93. The number of aromatic amines is 1. The van der Waals surface area contributed by atoms with Gasteiger partial charge in [0.2, 0.25) is 0 Å². The molecular weight excluding hydrogens is 252 g/mol. The van der Waals surface area contributed by atoms with Crippen molar-refractivity contribution >= 4 is 16.9 Å². The summed E-state index contributed by atoms with van der Waals surface area (Å²) in [6.45, 7) is 1.82. The number of H-pyrrole nitrogens is 1. The second-order valence-corrected chi connectivity index (χ2v) is 5.63. The average Bonchev–Trinajstić information content (AvgIpc) is 2.85. The summed E-state index contributed by atoms with van der Waals surface area (Å²) in [6, 6.07) is 4.35. The summed E-state index contributed by atoms with van der Waals surface area (Å²) in [5, 5.41) is 1.24. The Morgan fingerprint density at radius 1 is 1.40 bits per heavy atom. The summed E-state index contributed by atoms with van der Waals surface area (Å²) >= 11 is 0. The van der Waals surface area contributed by atoms with Crippen molar-refractivity contribution < 1.29 is 9.53 Å². The quantitative estimate of drug-likeness (QED) is 0.690. The molecule has 4 nitrogen and oxygen atoms in total. The van der Waals surface area contributed by atoms with Gasteiger partial charge in [-0.25, -0.2) is 0 Å². The first-order valence-electron chi connectivity index (χ1n) is 7.09. The molecule has 0 radical (unpaired) electrons. The van der Waals surface area contributed by atoms with Crippen molar-refractivity contribution in [3.8, 4) is 5.75 Å². The van der Waals surface area contributed by atoms with E-state index < -0.39 is 0 Å². The normalized spacial score (nSPS) is 17.7. The van der Waals surface area contributed by atoms with Crippen LogP contribution >= 0.6 is 0 Å². The van der Waals surface area contributed by atoms with Gasteiger partial charge in [0.25, 0.3) is 0 Å². The van der Waals surface area contributed by atoms with Gasteiger partial charge >= 0.3 is 5.97 Å². The first-order chi connectivity index (χ1) is 9.60. The van der Waals surface area contributed by atoms with E-state index in [2.05, 4.69) is 30.2 Å². The van der Waals surface area contributed by atoms with Crippen molar-refractivity contribution in [2.75, 3.05) is 14.1 Å². The van der Waals surface area contributed by atoms with Crippen molar-refractivity contribution in [3.63, 3.8) is 0 Å². The molecule has 1 aromatic heterocycles. The molecule has 1 atom stereocenters. The highest BCUT2D eigenvalue weighted by Gasteiger charge is 2.26. The van der Waals surface area contributed by atoms with E-state index in [1.54, 1.807) is 0 Å². The maximum Gasteiger partial charge on any atom is 0.310 e. The van der Waals surface area contributed by atoms with Crippen LogP contribution in [0.3, 0.4) is 0 Å². The van der Waals surface area contributed by atoms with Crippen LogP contribution in [0.15, 0.2) is 18.3 Å². The molecule has 1 N–H and O–H groups in total. The molecule has 1 heterocycles. The summed E-state index contributed by atoms with van der Waals surface area (Å²) in [4.78, 5) is 17.2. The van der Waals surface area contributed by atoms with Crippen LogP contribution < -0.4 is 4.74 Å². The molecule has 106 valence electrons. The minimum absolute atomic E-state index is 0.176. The van der Waals surface area contributed by atoms with Crippen LogP contribution in [-0.2, 0) is 17.6 Å². The molecule has 0 saturated carbocycles. The highest BCUT2D eigenvalue weighted by molar-refractivity contribution is 5.90. The summed E-state index contributed by atoms with van der Waals surface area (Å²) in [5.41, 5.74) is 3.60. The summed E-state index contributed by atoms with van der Waals surface area (Å²) in [5.74, 6) is 0.543. The third kappa shape index (κ3) is 2.10. The van der Waals surface area contributed by atoms with Gasteiger partial charge < -0.3 is 14.6 Å². The number of benzene rings is 1. The van der Waals surface area contributed by atoms with Gasteiger partial charge in [0.05, 0.1) is 0 Å². The zero-order chi connectivity index (χ0) is 14.3. The van der Waals surface area contributed by atoms with Gasteiger partial charge in [-0.15, -0.1) is 0 Å². The van der Waals surface area contributed by atoms with Gasteiger partial charge in [-0.05, 0) is 44.6 Å². The third-order valence-electron chi connectivity index (χ3n) is 4.13. The predicted octanol–water partition coefficient (Wildman–Crippen LogP) is 2.51. The lowest BCUT2D eigenvalue weighted by molar-refractivity contribution is -0.134. The van der Waals surface area contributed by atoms with Crippen molar-refractivity contribution in [2.24, 2.45) is 0 Å². The van der Waals surface area contributed by atoms with E-state index in [0.717, 1.165) is 29.7 Å². The first-order valence-corrected chi connectivity index (χ1v) is 7.09. The van der Waals surface area contributed by atoms with Crippen LogP contribution in [0.25, 0.3) is 10.9 Å². The lowest BCUT2D eigenvalue weighted by Crippen LogP contribution is -2.34. The molecule has 0 bridgehead atoms. The van der Waals surface area contributed by atoms with E-state index in [1.165, 1.54) is 10.9 Å². The Kier molecular flexibility index (Phi) is 3.26. The zero-order valence-corrected chi connectivity index (χ0v) is 12.2. The zero-order valence-electron chi connectivity index (χ0n) is 12.2. The van der Waals surface area contributed by atoms with Crippen LogP contribution in [0.2, 0.25) is 0 Å². The molecule has 3 rings (SSSR count). The molecule has 0 fully saturated rings. The fraction of sp³-hybridized carbons (Fsp3) is 0.438. The van der Waals surface area contributed by atoms with Crippen LogP contribution in [-0.4, -0.2) is 36.0 Å². The van der Waals surface area contributed by atoms with Crippen molar-refractivity contribution in [2.45, 2.75) is 32.2 Å². The highest BCUT2D eigenvalue weighted by atomic mass is 16.5. The number of nitrogens with zero attached hydrogens (tertiary/aromatic N) is 1. The first kappa shape index (κ1) is 13.2. The minimum atomic E-state index is -0.176. The third-order valence-corrected chi connectivity index (χ3v) is 4.13. The Balaban J connectivity index is 2.09. The Bertz CT molecular complexity index is 658. The van der Waals surface area contributed by atoms with Crippen molar-refractivity contribution in [1.29, 1.82) is 0 Å². The molecule has 20 heavy (non-hydrogen) atoms. The molecule has 4 heteroatoms. The number of rotatable bonds is 3. The number of hydrogen-bond donors (Lipinski definition) is 1. The second kappa shape index (κ2) is 4.94. The fourth-order valence-corrected chi connectivity index (χ4v) is 2.93. The van der Waals surface area contributed by atoms with Gasteiger partial charge in [0.15, 0.2) is 0 Å². The standard InChI is InChI=1S/C16H20N2O2/c1-4-15(19)20-14-6-5-13-16-10(9-17-13)7-11(18(2)3)8-12(14)16/h5-6,9,11,17H,4,7-8H2,1-3H3. The number of hydrogen-bond acceptors (Lipinski definition) is 3. The Morgan fingerprint density at radius 2 is 2.20 bits per heavy atom. The molecule has 0 saturated heterocycles. The number of carbonyl (C=O) groups excluding carboxylic acids is 1. The van der Waals surface area contributed by atoms with Gasteiger partial charge in [-0.3, -0.25) is 4.79 Å². The SMILES string of the molecule is CCC(=O)Oc1ccc2[nH]cc3c2c1CC(N(C)C)C3. The van der Waals surface area contributed by atoms with Crippen LogP contribution in [0.5, 0.6) is 5.75 Å². The molecular formula is C16H20N2O2. The molecule has 0 aliphatic heterocycles. The van der Waals surface area contributed by atoms with Crippen molar-refractivity contribution in [1.82, 2.24) is 9.88 Å². The Morgan fingerprint density at radius 3 is 2.90 bits per heavy atom. The maximum atomic E-state index is 11.6. The number of carbonyl (C=O) groups is 1. The number of likely N-dealkylation sites (N-methyl/N-ethyl adjacent to an activating group) is 1. The maximum absolute atomic E-state index is 11.6. The summed E-state index contributed by atoms with van der Waals surface area (Å²) < 4.78 is 5.51. The number of esters is 1. The highest BCUT2D eigenvalue weighted by Crippen LogP contribution is 2.36. The Labute approximate surface area is 118 Å². The smallest absolute Gasteiger partial charge is 0.310 e. The average molecular weight is 272 g/mol. The lowest BCUT2D eigenvalue weighted by Gasteiger charge is -2.29. The molecule has 1 unspecified atom stereocenters. The van der Waals surface area contributed by atoms with E-state index >= 15 is 0 Å². The Hall–Kier alpha value is -1.81.